The lowest BCUT2D eigenvalue weighted by Crippen LogP contribution is -3.00. The van der Waals surface area contributed by atoms with Crippen molar-refractivity contribution in [3.8, 4) is 11.4 Å². The van der Waals surface area contributed by atoms with E-state index in [0.717, 1.165) is 18.0 Å². The van der Waals surface area contributed by atoms with Crippen molar-refractivity contribution in [3.63, 3.8) is 0 Å². The number of halogens is 1. The zero-order valence-corrected chi connectivity index (χ0v) is 13.1. The van der Waals surface area contributed by atoms with Crippen LogP contribution in [0.5, 0.6) is 5.75 Å². The third-order valence-corrected chi connectivity index (χ3v) is 2.91. The predicted octanol–water partition coefficient (Wildman–Crippen LogP) is -0.0324. The van der Waals surface area contributed by atoms with Crippen LogP contribution in [-0.4, -0.2) is 11.2 Å². The SMILES string of the molecule is CCCC[n+]1ccn(-c2ccc(OCC)cc2)c1.[Br-]. The molecule has 3 nitrogen and oxygen atoms in total. The highest BCUT2D eigenvalue weighted by Gasteiger charge is 2.06. The highest BCUT2D eigenvalue weighted by Crippen LogP contribution is 2.14. The largest absolute Gasteiger partial charge is 1.00 e. The molecule has 1 aromatic heterocycles. The van der Waals surface area contributed by atoms with Crippen LogP contribution in [0.4, 0.5) is 0 Å². The molecule has 2 aromatic rings. The van der Waals surface area contributed by atoms with E-state index in [9.17, 15) is 0 Å². The summed E-state index contributed by atoms with van der Waals surface area (Å²) < 4.78 is 9.79. The van der Waals surface area contributed by atoms with Gasteiger partial charge in [0.25, 0.3) is 0 Å². The first-order chi connectivity index (χ1) is 8.83. The summed E-state index contributed by atoms with van der Waals surface area (Å²) in [4.78, 5) is 0. The second kappa shape index (κ2) is 8.00. The van der Waals surface area contributed by atoms with Gasteiger partial charge in [0.05, 0.1) is 13.2 Å². The van der Waals surface area contributed by atoms with E-state index in [2.05, 4.69) is 46.9 Å². The monoisotopic (exact) mass is 324 g/mol. The van der Waals surface area contributed by atoms with Gasteiger partial charge in [0.15, 0.2) is 0 Å². The molecule has 0 unspecified atom stereocenters. The molecule has 0 saturated heterocycles. The maximum Gasteiger partial charge on any atom is 0.248 e. The van der Waals surface area contributed by atoms with Crippen LogP contribution in [0.1, 0.15) is 26.7 Å². The number of aromatic nitrogens is 2. The van der Waals surface area contributed by atoms with Gasteiger partial charge in [-0.15, -0.1) is 0 Å². The molecule has 4 heteroatoms. The first-order valence-corrected chi connectivity index (χ1v) is 6.63. The van der Waals surface area contributed by atoms with Crippen LogP contribution < -0.4 is 26.3 Å². The van der Waals surface area contributed by atoms with Gasteiger partial charge in [-0.3, -0.25) is 0 Å². The maximum atomic E-state index is 5.44. The Labute approximate surface area is 125 Å². The zero-order chi connectivity index (χ0) is 12.8. The van der Waals surface area contributed by atoms with Crippen molar-refractivity contribution in [2.24, 2.45) is 0 Å². The highest BCUT2D eigenvalue weighted by atomic mass is 79.9. The molecule has 0 aliphatic carbocycles. The minimum Gasteiger partial charge on any atom is -1.00 e. The minimum atomic E-state index is 0. The molecule has 1 aromatic carbocycles. The van der Waals surface area contributed by atoms with Crippen molar-refractivity contribution < 1.29 is 26.3 Å². The van der Waals surface area contributed by atoms with Crippen LogP contribution in [0.15, 0.2) is 43.0 Å². The van der Waals surface area contributed by atoms with E-state index >= 15 is 0 Å². The normalized spacial score (nSPS) is 10.0. The zero-order valence-electron chi connectivity index (χ0n) is 11.6. The number of nitrogens with zero attached hydrogens (tertiary/aromatic N) is 2. The van der Waals surface area contributed by atoms with Crippen molar-refractivity contribution in [1.29, 1.82) is 0 Å². The molecule has 1 heterocycles. The minimum absolute atomic E-state index is 0. The van der Waals surface area contributed by atoms with Crippen molar-refractivity contribution in [3.05, 3.63) is 43.0 Å². The number of aryl methyl sites for hydroxylation is 1. The maximum absolute atomic E-state index is 5.44. The van der Waals surface area contributed by atoms with E-state index in [-0.39, 0.29) is 17.0 Å². The van der Waals surface area contributed by atoms with Gasteiger partial charge in [0.2, 0.25) is 6.33 Å². The Balaban J connectivity index is 0.00000180. The number of hydrogen-bond acceptors (Lipinski definition) is 1. The molecular formula is C15H21BrN2O. The van der Waals surface area contributed by atoms with Gasteiger partial charge in [-0.05, 0) is 37.6 Å². The lowest BCUT2D eigenvalue weighted by Gasteiger charge is -2.02. The predicted molar refractivity (Wildman–Crippen MR) is 72.0 cm³/mol. The fourth-order valence-corrected chi connectivity index (χ4v) is 1.90. The Morgan fingerprint density at radius 3 is 2.53 bits per heavy atom. The molecular weight excluding hydrogens is 304 g/mol. The molecule has 0 amide bonds. The Morgan fingerprint density at radius 1 is 1.16 bits per heavy atom. The third kappa shape index (κ3) is 4.39. The van der Waals surface area contributed by atoms with Crippen molar-refractivity contribution >= 4 is 0 Å². The second-order valence-corrected chi connectivity index (χ2v) is 4.34. The van der Waals surface area contributed by atoms with E-state index in [0.29, 0.717) is 6.61 Å². The Kier molecular flexibility index (Phi) is 6.64. The van der Waals surface area contributed by atoms with E-state index in [4.69, 9.17) is 4.74 Å². The number of imidazole rings is 1. The van der Waals surface area contributed by atoms with Crippen LogP contribution in [0.25, 0.3) is 5.69 Å². The molecule has 0 radical (unpaired) electrons. The third-order valence-electron chi connectivity index (χ3n) is 2.91. The molecule has 0 atom stereocenters. The van der Waals surface area contributed by atoms with Gasteiger partial charge in [-0.25, -0.2) is 9.13 Å². The van der Waals surface area contributed by atoms with Gasteiger partial charge in [0, 0.05) is 0 Å². The number of rotatable bonds is 6. The van der Waals surface area contributed by atoms with Gasteiger partial charge < -0.3 is 21.7 Å². The molecule has 0 saturated carbocycles. The lowest BCUT2D eigenvalue weighted by molar-refractivity contribution is -0.696. The van der Waals surface area contributed by atoms with Crippen LogP contribution in [0.3, 0.4) is 0 Å². The molecule has 0 spiro atoms. The summed E-state index contributed by atoms with van der Waals surface area (Å²) in [7, 11) is 0. The average Bonchev–Trinajstić information content (AvgIpc) is 2.86. The summed E-state index contributed by atoms with van der Waals surface area (Å²) in [5.74, 6) is 0.923. The Hall–Kier alpha value is -1.29. The van der Waals surface area contributed by atoms with Crippen LogP contribution in [-0.2, 0) is 6.54 Å². The van der Waals surface area contributed by atoms with Crippen LogP contribution in [0, 0.1) is 0 Å². The van der Waals surface area contributed by atoms with Crippen LogP contribution >= 0.6 is 0 Å². The first-order valence-electron chi connectivity index (χ1n) is 6.63. The quantitative estimate of drug-likeness (QED) is 0.682. The van der Waals surface area contributed by atoms with Crippen molar-refractivity contribution in [2.75, 3.05) is 6.61 Å². The first kappa shape index (κ1) is 15.8. The number of ether oxygens (including phenoxy) is 1. The Bertz CT molecular complexity index is 479. The molecule has 2 rings (SSSR count). The summed E-state index contributed by atoms with van der Waals surface area (Å²) in [5, 5.41) is 0. The summed E-state index contributed by atoms with van der Waals surface area (Å²) in [6.45, 7) is 6.00. The van der Waals surface area contributed by atoms with Gasteiger partial charge in [0.1, 0.15) is 23.8 Å². The van der Waals surface area contributed by atoms with Gasteiger partial charge in [-0.2, -0.15) is 0 Å². The van der Waals surface area contributed by atoms with Crippen molar-refractivity contribution in [2.45, 2.75) is 33.2 Å². The van der Waals surface area contributed by atoms with E-state index in [1.165, 1.54) is 12.8 Å². The standard InChI is InChI=1S/C15H21N2O.BrH/c1-3-5-10-16-11-12-17(13-16)14-6-8-15(9-7-14)18-4-2;/h6-9,11-13H,3-5,10H2,1-2H3;1H/q+1;/p-1. The number of unbranched alkanes of at least 4 members (excludes halogenated alkanes) is 1. The van der Waals surface area contributed by atoms with E-state index in [1.807, 2.05) is 19.1 Å². The summed E-state index contributed by atoms with van der Waals surface area (Å²) in [5.41, 5.74) is 1.16. The smallest absolute Gasteiger partial charge is 0.248 e. The van der Waals surface area contributed by atoms with Crippen LogP contribution in [0.2, 0.25) is 0 Å². The molecule has 0 N–H and O–H groups in total. The van der Waals surface area contributed by atoms with Gasteiger partial charge in [-0.1, -0.05) is 13.3 Å². The summed E-state index contributed by atoms with van der Waals surface area (Å²) in [6, 6.07) is 8.18. The van der Waals surface area contributed by atoms with Crippen molar-refractivity contribution in [1.82, 2.24) is 4.57 Å². The molecule has 0 fully saturated rings. The molecule has 0 bridgehead atoms. The molecule has 0 aliphatic rings. The van der Waals surface area contributed by atoms with E-state index < -0.39 is 0 Å². The molecule has 104 valence electrons. The topological polar surface area (TPSA) is 18.0 Å². The molecule has 19 heavy (non-hydrogen) atoms. The van der Waals surface area contributed by atoms with E-state index in [1.54, 1.807) is 0 Å². The van der Waals surface area contributed by atoms with Gasteiger partial charge >= 0.3 is 0 Å². The summed E-state index contributed by atoms with van der Waals surface area (Å²) in [6.07, 6.45) is 8.78. The fourth-order valence-electron chi connectivity index (χ4n) is 1.90. The lowest BCUT2D eigenvalue weighted by atomic mass is 10.3. The number of benzene rings is 1. The second-order valence-electron chi connectivity index (χ2n) is 4.34. The Morgan fingerprint density at radius 2 is 1.89 bits per heavy atom. The number of hydrogen-bond donors (Lipinski definition) is 0. The average molecular weight is 325 g/mol. The highest BCUT2D eigenvalue weighted by molar-refractivity contribution is 5.36. The fraction of sp³-hybridized carbons (Fsp3) is 0.400. The summed E-state index contributed by atoms with van der Waals surface area (Å²) >= 11 is 0. The molecule has 0 aliphatic heterocycles.